The number of carbonyl (C=O) groups is 2. The first-order chi connectivity index (χ1) is 11.6. The molecule has 1 atom stereocenters. The van der Waals surface area contributed by atoms with Crippen molar-refractivity contribution in [1.82, 2.24) is 14.9 Å². The van der Waals surface area contributed by atoms with Gasteiger partial charge in [-0.05, 0) is 31.9 Å². The molecule has 1 saturated heterocycles. The molecule has 2 aromatic rings. The van der Waals surface area contributed by atoms with E-state index in [9.17, 15) is 9.59 Å². The van der Waals surface area contributed by atoms with Crippen molar-refractivity contribution >= 4 is 11.9 Å². The fraction of sp³-hybridized carbons (Fsp3) is 0.412. The van der Waals surface area contributed by atoms with Gasteiger partial charge in [0.05, 0.1) is 18.4 Å². The van der Waals surface area contributed by atoms with Gasteiger partial charge in [-0.3, -0.25) is 4.79 Å². The maximum atomic E-state index is 12.9. The second-order valence-electron chi connectivity index (χ2n) is 5.90. The molecular formula is C17H19N3O4. The summed E-state index contributed by atoms with van der Waals surface area (Å²) in [4.78, 5) is 33.2. The largest absolute Gasteiger partial charge is 0.476 e. The number of hydrogen-bond acceptors (Lipinski definition) is 5. The Labute approximate surface area is 139 Å². The van der Waals surface area contributed by atoms with Crippen LogP contribution in [0.5, 0.6) is 0 Å². The molecule has 0 bridgehead atoms. The summed E-state index contributed by atoms with van der Waals surface area (Å²) in [5, 5.41) is 8.88. The minimum atomic E-state index is -1.17. The average Bonchev–Trinajstić information content (AvgIpc) is 2.86. The number of carboxylic acids is 1. The standard InChI is InChI=1S/C17H19N3O4/c1-11-6-7-15(24-11)14-5-3-2-4-8-20(14)16(21)12-9-19-13(10-18-12)17(22)23/h6-7,9-10,14H,2-5,8H2,1H3,(H,22,23). The average molecular weight is 329 g/mol. The van der Waals surface area contributed by atoms with Crippen molar-refractivity contribution in [2.75, 3.05) is 6.54 Å². The monoisotopic (exact) mass is 329 g/mol. The highest BCUT2D eigenvalue weighted by atomic mass is 16.4. The Morgan fingerprint density at radius 2 is 1.92 bits per heavy atom. The Bertz CT molecular complexity index is 739. The van der Waals surface area contributed by atoms with Crippen LogP contribution in [0.15, 0.2) is 28.9 Å². The predicted octanol–water partition coefficient (Wildman–Crippen LogP) is 2.83. The van der Waals surface area contributed by atoms with E-state index in [0.717, 1.165) is 43.4 Å². The number of amides is 1. The zero-order chi connectivity index (χ0) is 17.1. The highest BCUT2D eigenvalue weighted by Gasteiger charge is 2.30. The third kappa shape index (κ3) is 3.29. The smallest absolute Gasteiger partial charge is 0.356 e. The van der Waals surface area contributed by atoms with Crippen LogP contribution in [-0.4, -0.2) is 38.4 Å². The van der Waals surface area contributed by atoms with Gasteiger partial charge in [-0.25, -0.2) is 14.8 Å². The van der Waals surface area contributed by atoms with E-state index in [1.165, 1.54) is 6.20 Å². The molecule has 24 heavy (non-hydrogen) atoms. The number of aromatic carboxylic acids is 1. The maximum Gasteiger partial charge on any atom is 0.356 e. The van der Waals surface area contributed by atoms with Crippen LogP contribution in [-0.2, 0) is 0 Å². The number of aromatic nitrogens is 2. The summed E-state index contributed by atoms with van der Waals surface area (Å²) in [5.74, 6) is 0.172. The number of carboxylic acid groups (broad SMARTS) is 1. The van der Waals surface area contributed by atoms with Gasteiger partial charge in [0.15, 0.2) is 5.69 Å². The minimum absolute atomic E-state index is 0.130. The molecule has 1 amide bonds. The van der Waals surface area contributed by atoms with Gasteiger partial charge in [0.25, 0.3) is 5.91 Å². The number of likely N-dealkylation sites (tertiary alicyclic amines) is 1. The molecule has 0 radical (unpaired) electrons. The highest BCUT2D eigenvalue weighted by Crippen LogP contribution is 2.32. The lowest BCUT2D eigenvalue weighted by Crippen LogP contribution is -2.35. The Balaban J connectivity index is 1.88. The lowest BCUT2D eigenvalue weighted by Gasteiger charge is -2.28. The molecule has 1 N–H and O–H groups in total. The number of aryl methyl sites for hydroxylation is 1. The number of furan rings is 1. The van der Waals surface area contributed by atoms with E-state index < -0.39 is 5.97 Å². The lowest BCUT2D eigenvalue weighted by atomic mass is 10.1. The summed E-state index contributed by atoms with van der Waals surface area (Å²) in [6, 6.07) is 3.67. The van der Waals surface area contributed by atoms with Gasteiger partial charge in [-0.2, -0.15) is 0 Å². The molecule has 7 heteroatoms. The topological polar surface area (TPSA) is 96.5 Å². The summed E-state index contributed by atoms with van der Waals surface area (Å²) in [7, 11) is 0. The summed E-state index contributed by atoms with van der Waals surface area (Å²) in [5.41, 5.74) is -0.0317. The van der Waals surface area contributed by atoms with Crippen LogP contribution in [0.3, 0.4) is 0 Å². The molecule has 126 valence electrons. The SMILES string of the molecule is Cc1ccc(C2CCCCCN2C(=O)c2cnc(C(=O)O)cn2)o1. The number of rotatable bonds is 3. The van der Waals surface area contributed by atoms with Crippen LogP contribution in [0.2, 0.25) is 0 Å². The second kappa shape index (κ2) is 6.82. The molecule has 7 nitrogen and oxygen atoms in total. The van der Waals surface area contributed by atoms with Crippen molar-refractivity contribution < 1.29 is 19.1 Å². The van der Waals surface area contributed by atoms with Gasteiger partial charge in [0.1, 0.15) is 17.2 Å². The van der Waals surface area contributed by atoms with Crippen LogP contribution < -0.4 is 0 Å². The molecule has 0 aromatic carbocycles. The number of carbonyl (C=O) groups excluding carboxylic acids is 1. The quantitative estimate of drug-likeness (QED) is 0.930. The summed E-state index contributed by atoms with van der Waals surface area (Å²) < 4.78 is 5.74. The predicted molar refractivity (Wildman–Crippen MR) is 84.7 cm³/mol. The van der Waals surface area contributed by atoms with Crippen LogP contribution in [0.25, 0.3) is 0 Å². The first-order valence-corrected chi connectivity index (χ1v) is 7.99. The van der Waals surface area contributed by atoms with Gasteiger partial charge >= 0.3 is 5.97 Å². The third-order valence-electron chi connectivity index (χ3n) is 4.19. The Hall–Kier alpha value is -2.70. The molecule has 3 rings (SSSR count). The van der Waals surface area contributed by atoms with Crippen molar-refractivity contribution in [1.29, 1.82) is 0 Å². The Morgan fingerprint density at radius 3 is 2.54 bits per heavy atom. The van der Waals surface area contributed by atoms with Crippen LogP contribution >= 0.6 is 0 Å². The molecule has 1 unspecified atom stereocenters. The normalized spacial score (nSPS) is 18.2. The third-order valence-corrected chi connectivity index (χ3v) is 4.19. The van der Waals surface area contributed by atoms with E-state index in [2.05, 4.69) is 9.97 Å². The lowest BCUT2D eigenvalue weighted by molar-refractivity contribution is 0.0644. The fourth-order valence-electron chi connectivity index (χ4n) is 2.98. The fourth-order valence-corrected chi connectivity index (χ4v) is 2.98. The Kier molecular flexibility index (Phi) is 4.59. The molecule has 0 spiro atoms. The van der Waals surface area contributed by atoms with E-state index in [-0.39, 0.29) is 23.3 Å². The number of hydrogen-bond donors (Lipinski definition) is 1. The zero-order valence-corrected chi connectivity index (χ0v) is 13.4. The molecule has 1 aliphatic rings. The van der Waals surface area contributed by atoms with E-state index in [4.69, 9.17) is 9.52 Å². The number of nitrogens with zero attached hydrogens (tertiary/aromatic N) is 3. The molecule has 0 aliphatic carbocycles. The second-order valence-corrected chi connectivity index (χ2v) is 5.90. The summed E-state index contributed by atoms with van der Waals surface area (Å²) in [6.07, 6.45) is 6.17. The molecular weight excluding hydrogens is 310 g/mol. The van der Waals surface area contributed by atoms with Crippen molar-refractivity contribution in [3.63, 3.8) is 0 Å². The van der Waals surface area contributed by atoms with Crippen LogP contribution in [0.1, 0.15) is 64.2 Å². The van der Waals surface area contributed by atoms with Crippen LogP contribution in [0, 0.1) is 6.92 Å². The van der Waals surface area contributed by atoms with Gasteiger partial charge < -0.3 is 14.4 Å². The van der Waals surface area contributed by atoms with Crippen molar-refractivity contribution in [2.45, 2.75) is 38.6 Å². The molecule has 1 aliphatic heterocycles. The Morgan fingerprint density at radius 1 is 1.17 bits per heavy atom. The molecule has 1 fully saturated rings. The van der Waals surface area contributed by atoms with Crippen molar-refractivity contribution in [3.8, 4) is 0 Å². The molecule has 2 aromatic heterocycles. The van der Waals surface area contributed by atoms with Gasteiger partial charge in [-0.1, -0.05) is 12.8 Å². The van der Waals surface area contributed by atoms with Crippen molar-refractivity contribution in [3.05, 3.63) is 47.4 Å². The van der Waals surface area contributed by atoms with E-state index in [1.807, 2.05) is 19.1 Å². The van der Waals surface area contributed by atoms with E-state index >= 15 is 0 Å². The maximum absolute atomic E-state index is 12.9. The van der Waals surface area contributed by atoms with E-state index in [0.29, 0.717) is 6.54 Å². The summed E-state index contributed by atoms with van der Waals surface area (Å²) in [6.45, 7) is 2.49. The van der Waals surface area contributed by atoms with E-state index in [1.54, 1.807) is 4.90 Å². The van der Waals surface area contributed by atoms with Crippen molar-refractivity contribution in [2.24, 2.45) is 0 Å². The van der Waals surface area contributed by atoms with Gasteiger partial charge in [0, 0.05) is 6.54 Å². The van der Waals surface area contributed by atoms with Crippen LogP contribution in [0.4, 0.5) is 0 Å². The first-order valence-electron chi connectivity index (χ1n) is 7.99. The summed E-state index contributed by atoms with van der Waals surface area (Å²) >= 11 is 0. The van der Waals surface area contributed by atoms with Gasteiger partial charge in [0.2, 0.25) is 0 Å². The first kappa shape index (κ1) is 16.2. The molecule has 0 saturated carbocycles. The zero-order valence-electron chi connectivity index (χ0n) is 13.4. The van der Waals surface area contributed by atoms with Gasteiger partial charge in [-0.15, -0.1) is 0 Å². The minimum Gasteiger partial charge on any atom is -0.476 e. The molecule has 3 heterocycles. The highest BCUT2D eigenvalue weighted by molar-refractivity contribution is 5.93.